The van der Waals surface area contributed by atoms with Crippen molar-refractivity contribution < 1.29 is 0 Å². The fraction of sp³-hybridized carbons (Fsp3) is 0.136. The van der Waals surface area contributed by atoms with Crippen molar-refractivity contribution in [2.24, 2.45) is 0 Å². The Labute approximate surface area is 175 Å². The van der Waals surface area contributed by atoms with Gasteiger partial charge in [0.25, 0.3) is 0 Å². The number of thiocarbonyl (C=S) groups is 1. The maximum absolute atomic E-state index is 5.41. The number of hydrogen-bond acceptors (Lipinski definition) is 3. The summed E-state index contributed by atoms with van der Waals surface area (Å²) in [7, 11) is 0. The lowest BCUT2D eigenvalue weighted by molar-refractivity contribution is 0.687. The molecule has 146 valence electrons. The second-order valence-electron chi connectivity index (χ2n) is 6.82. The summed E-state index contributed by atoms with van der Waals surface area (Å²) in [5, 5.41) is 15.7. The van der Waals surface area contributed by atoms with Crippen LogP contribution in [0.3, 0.4) is 0 Å². The predicted molar refractivity (Wildman–Crippen MR) is 120 cm³/mol. The first-order valence-corrected chi connectivity index (χ1v) is 9.79. The van der Waals surface area contributed by atoms with Crippen LogP contribution in [0.5, 0.6) is 0 Å². The summed E-state index contributed by atoms with van der Waals surface area (Å²) in [6, 6.07) is 20.4. The highest BCUT2D eigenvalue weighted by molar-refractivity contribution is 7.80. The predicted octanol–water partition coefficient (Wildman–Crippen LogP) is 4.29. The fourth-order valence-electron chi connectivity index (χ4n) is 3.04. The Bertz CT molecular complexity index is 1100. The van der Waals surface area contributed by atoms with E-state index in [1.165, 1.54) is 16.7 Å². The average Bonchev–Trinajstić information content (AvgIpc) is 3.34. The van der Waals surface area contributed by atoms with Gasteiger partial charge in [0.1, 0.15) is 0 Å². The zero-order valence-corrected chi connectivity index (χ0v) is 16.9. The van der Waals surface area contributed by atoms with Crippen LogP contribution in [-0.2, 0) is 13.1 Å². The molecule has 2 aromatic heterocycles. The largest absolute Gasteiger partial charge is 0.330 e. The van der Waals surface area contributed by atoms with Gasteiger partial charge < -0.3 is 10.6 Å². The van der Waals surface area contributed by atoms with Crippen molar-refractivity contribution >= 4 is 28.8 Å². The summed E-state index contributed by atoms with van der Waals surface area (Å²) in [6.07, 6.45) is 5.63. The molecule has 0 aliphatic carbocycles. The second kappa shape index (κ2) is 8.70. The highest BCUT2D eigenvalue weighted by Crippen LogP contribution is 2.12. The Kier molecular flexibility index (Phi) is 5.67. The molecule has 0 saturated heterocycles. The number of anilines is 2. The third-order valence-electron chi connectivity index (χ3n) is 4.55. The van der Waals surface area contributed by atoms with Crippen LogP contribution >= 0.6 is 12.2 Å². The maximum atomic E-state index is 5.41. The van der Waals surface area contributed by atoms with Crippen molar-refractivity contribution in [3.63, 3.8) is 0 Å². The molecular formula is C22H22N6S. The van der Waals surface area contributed by atoms with Crippen LogP contribution in [0.15, 0.2) is 79.3 Å². The standard InChI is InChI=1S/C22H22N6S/c1-17-7-5-6-10-19(17)15-27-12-11-21(26-27)25-22(29)24-20-13-23-28(16-20)14-18-8-3-2-4-9-18/h2-13,16H,14-15H2,1H3,(H2,24,25,26,29). The van der Waals surface area contributed by atoms with E-state index >= 15 is 0 Å². The molecular weight excluding hydrogens is 380 g/mol. The van der Waals surface area contributed by atoms with Gasteiger partial charge >= 0.3 is 0 Å². The van der Waals surface area contributed by atoms with Crippen LogP contribution in [0, 0.1) is 6.92 Å². The van der Waals surface area contributed by atoms with Crippen molar-refractivity contribution in [2.75, 3.05) is 10.6 Å². The van der Waals surface area contributed by atoms with E-state index in [1.54, 1.807) is 6.20 Å². The minimum absolute atomic E-state index is 0.477. The second-order valence-corrected chi connectivity index (χ2v) is 7.22. The van der Waals surface area contributed by atoms with E-state index in [2.05, 4.69) is 52.0 Å². The van der Waals surface area contributed by atoms with Crippen LogP contribution in [0.4, 0.5) is 11.5 Å². The lowest BCUT2D eigenvalue weighted by atomic mass is 10.1. The molecule has 0 bridgehead atoms. The number of nitrogens with zero attached hydrogens (tertiary/aromatic N) is 4. The number of rotatable bonds is 6. The quantitative estimate of drug-likeness (QED) is 0.471. The minimum atomic E-state index is 0.477. The molecule has 4 rings (SSSR count). The highest BCUT2D eigenvalue weighted by Gasteiger charge is 2.06. The zero-order chi connectivity index (χ0) is 20.1. The van der Waals surface area contributed by atoms with E-state index in [9.17, 15) is 0 Å². The highest BCUT2D eigenvalue weighted by atomic mass is 32.1. The molecule has 0 atom stereocenters. The van der Waals surface area contributed by atoms with Crippen LogP contribution < -0.4 is 10.6 Å². The van der Waals surface area contributed by atoms with Crippen LogP contribution in [0.2, 0.25) is 0 Å². The van der Waals surface area contributed by atoms with Gasteiger partial charge in [-0.05, 0) is 35.8 Å². The Balaban J connectivity index is 1.32. The average molecular weight is 403 g/mol. The third kappa shape index (κ3) is 5.08. The minimum Gasteiger partial charge on any atom is -0.330 e. The molecule has 7 heteroatoms. The molecule has 0 unspecified atom stereocenters. The van der Waals surface area contributed by atoms with Crippen molar-refractivity contribution in [2.45, 2.75) is 20.0 Å². The Hall–Kier alpha value is -3.45. The summed E-state index contributed by atoms with van der Waals surface area (Å²) in [6.45, 7) is 3.54. The molecule has 2 heterocycles. The summed E-state index contributed by atoms with van der Waals surface area (Å²) < 4.78 is 3.77. The summed E-state index contributed by atoms with van der Waals surface area (Å²) in [4.78, 5) is 0. The maximum Gasteiger partial charge on any atom is 0.176 e. The molecule has 0 fully saturated rings. The lowest BCUT2D eigenvalue weighted by Crippen LogP contribution is -2.19. The Morgan fingerprint density at radius 3 is 2.55 bits per heavy atom. The molecule has 0 saturated carbocycles. The smallest absolute Gasteiger partial charge is 0.176 e. The van der Waals surface area contributed by atoms with E-state index in [1.807, 2.05) is 58.2 Å². The van der Waals surface area contributed by atoms with E-state index in [-0.39, 0.29) is 0 Å². The van der Waals surface area contributed by atoms with Crippen LogP contribution in [-0.4, -0.2) is 24.7 Å². The monoisotopic (exact) mass is 402 g/mol. The number of hydrogen-bond donors (Lipinski definition) is 2. The summed E-state index contributed by atoms with van der Waals surface area (Å²) >= 11 is 5.41. The first kappa shape index (κ1) is 18.9. The molecule has 2 N–H and O–H groups in total. The van der Waals surface area contributed by atoms with Gasteiger partial charge in [0, 0.05) is 18.5 Å². The van der Waals surface area contributed by atoms with Gasteiger partial charge in [-0.25, -0.2) is 0 Å². The van der Waals surface area contributed by atoms with Gasteiger partial charge in [0.05, 0.1) is 25.0 Å². The van der Waals surface area contributed by atoms with Crippen molar-refractivity contribution in [1.82, 2.24) is 19.6 Å². The fourth-order valence-corrected chi connectivity index (χ4v) is 3.26. The molecule has 6 nitrogen and oxygen atoms in total. The van der Waals surface area contributed by atoms with Crippen molar-refractivity contribution in [3.05, 3.63) is 95.9 Å². The number of aryl methyl sites for hydroxylation is 1. The third-order valence-corrected chi connectivity index (χ3v) is 4.76. The van der Waals surface area contributed by atoms with E-state index < -0.39 is 0 Å². The molecule has 2 aromatic carbocycles. The molecule has 0 amide bonds. The molecule has 29 heavy (non-hydrogen) atoms. The van der Waals surface area contributed by atoms with Gasteiger partial charge in [0.15, 0.2) is 10.9 Å². The Morgan fingerprint density at radius 1 is 0.931 bits per heavy atom. The number of nitrogens with one attached hydrogen (secondary N) is 2. The van der Waals surface area contributed by atoms with E-state index in [4.69, 9.17) is 12.2 Å². The zero-order valence-electron chi connectivity index (χ0n) is 16.1. The molecule has 0 radical (unpaired) electrons. The number of benzene rings is 2. The summed E-state index contributed by atoms with van der Waals surface area (Å²) in [5.41, 5.74) is 4.52. The first-order chi connectivity index (χ1) is 14.2. The normalized spacial score (nSPS) is 10.7. The van der Waals surface area contributed by atoms with Gasteiger partial charge in [-0.3, -0.25) is 9.36 Å². The number of aromatic nitrogens is 4. The SMILES string of the molecule is Cc1ccccc1Cn1ccc(NC(=S)Nc2cnn(Cc3ccccc3)c2)n1. The molecule has 0 aliphatic heterocycles. The van der Waals surface area contributed by atoms with Gasteiger partial charge in [0.2, 0.25) is 0 Å². The van der Waals surface area contributed by atoms with Crippen molar-refractivity contribution in [1.29, 1.82) is 0 Å². The summed E-state index contributed by atoms with van der Waals surface area (Å²) in [5.74, 6) is 0.702. The first-order valence-electron chi connectivity index (χ1n) is 9.38. The molecule has 0 aliphatic rings. The van der Waals surface area contributed by atoms with Crippen LogP contribution in [0.25, 0.3) is 0 Å². The van der Waals surface area contributed by atoms with E-state index in [0.717, 1.165) is 12.2 Å². The van der Waals surface area contributed by atoms with Gasteiger partial charge in [-0.1, -0.05) is 54.6 Å². The molecule has 0 spiro atoms. The Morgan fingerprint density at radius 2 is 1.72 bits per heavy atom. The van der Waals surface area contributed by atoms with E-state index in [0.29, 0.717) is 17.5 Å². The van der Waals surface area contributed by atoms with Crippen LogP contribution in [0.1, 0.15) is 16.7 Å². The molecule has 4 aromatic rings. The van der Waals surface area contributed by atoms with Gasteiger partial charge in [-0.15, -0.1) is 0 Å². The lowest BCUT2D eigenvalue weighted by Gasteiger charge is -2.07. The van der Waals surface area contributed by atoms with Gasteiger partial charge in [-0.2, -0.15) is 10.2 Å². The van der Waals surface area contributed by atoms with Crippen molar-refractivity contribution in [3.8, 4) is 0 Å². The topological polar surface area (TPSA) is 59.7 Å².